The molecule has 1 aliphatic rings. The van der Waals surface area contributed by atoms with Crippen molar-refractivity contribution in [3.8, 4) is 0 Å². The number of sulfonamides is 1. The van der Waals surface area contributed by atoms with E-state index in [1.165, 1.54) is 56.1 Å². The fourth-order valence-corrected chi connectivity index (χ4v) is 4.12. The zero-order chi connectivity index (χ0) is 18.6. The highest BCUT2D eigenvalue weighted by Gasteiger charge is 2.15. The number of nitrogens with one attached hydrogen (secondary N) is 1. The predicted molar refractivity (Wildman–Crippen MR) is 103 cm³/mol. The van der Waals surface area contributed by atoms with Crippen LogP contribution in [0.3, 0.4) is 0 Å². The average Bonchev–Trinajstić information content (AvgIpc) is 2.67. The van der Waals surface area contributed by atoms with Crippen LogP contribution in [0, 0.1) is 0 Å². The molecule has 0 spiro atoms. The minimum absolute atomic E-state index is 0.0873. The Morgan fingerprint density at radius 2 is 1.58 bits per heavy atom. The van der Waals surface area contributed by atoms with Crippen LogP contribution < -0.4 is 9.62 Å². The third-order valence-corrected chi connectivity index (χ3v) is 6.11. The Morgan fingerprint density at radius 3 is 2.15 bits per heavy atom. The van der Waals surface area contributed by atoms with Crippen molar-refractivity contribution >= 4 is 21.5 Å². The van der Waals surface area contributed by atoms with Gasteiger partial charge < -0.3 is 4.90 Å². The average molecular weight is 372 g/mol. The highest BCUT2D eigenvalue weighted by atomic mass is 32.2. The molecule has 0 saturated carbocycles. The number of nitrogens with zero attached hydrogens (tertiary/aromatic N) is 1. The molecule has 0 amide bonds. The highest BCUT2D eigenvalue weighted by Crippen LogP contribution is 2.20. The second-order valence-corrected chi connectivity index (χ2v) is 8.39. The summed E-state index contributed by atoms with van der Waals surface area (Å²) in [5.41, 5.74) is 2.60. The lowest BCUT2D eigenvalue weighted by Crippen LogP contribution is -2.29. The molecule has 0 atom stereocenters. The number of hydrogen-bond acceptors (Lipinski definition) is 4. The van der Waals surface area contributed by atoms with E-state index in [0.717, 1.165) is 18.7 Å². The van der Waals surface area contributed by atoms with E-state index in [4.69, 9.17) is 0 Å². The number of piperidine rings is 1. The summed E-state index contributed by atoms with van der Waals surface area (Å²) in [7, 11) is -3.60. The molecule has 3 rings (SSSR count). The first-order valence-corrected chi connectivity index (χ1v) is 10.4. The summed E-state index contributed by atoms with van der Waals surface area (Å²) < 4.78 is 27.4. The standard InChI is InChI=1S/C20H24N2O3S/c1-16(23)18-7-11-20(12-8-18)26(24,25)21-15-17-5-9-19(10-6-17)22-13-3-2-4-14-22/h5-12,21H,2-4,13-15H2,1H3. The van der Waals surface area contributed by atoms with E-state index < -0.39 is 10.0 Å². The monoisotopic (exact) mass is 372 g/mol. The minimum atomic E-state index is -3.60. The van der Waals surface area contributed by atoms with E-state index in [1.54, 1.807) is 0 Å². The van der Waals surface area contributed by atoms with Crippen LogP contribution in [0.4, 0.5) is 5.69 Å². The van der Waals surface area contributed by atoms with Gasteiger partial charge in [-0.1, -0.05) is 24.3 Å². The summed E-state index contributed by atoms with van der Waals surface area (Å²) in [4.78, 5) is 13.8. The summed E-state index contributed by atoms with van der Waals surface area (Å²) >= 11 is 0. The Morgan fingerprint density at radius 1 is 0.962 bits per heavy atom. The number of anilines is 1. The van der Waals surface area contributed by atoms with Crippen molar-refractivity contribution in [2.45, 2.75) is 37.6 Å². The quantitative estimate of drug-likeness (QED) is 0.790. The normalized spacial score (nSPS) is 15.0. The van der Waals surface area contributed by atoms with Crippen molar-refractivity contribution in [3.05, 3.63) is 59.7 Å². The zero-order valence-electron chi connectivity index (χ0n) is 14.9. The van der Waals surface area contributed by atoms with Crippen LogP contribution in [0.25, 0.3) is 0 Å². The first-order chi connectivity index (χ1) is 12.5. The molecular weight excluding hydrogens is 348 g/mol. The van der Waals surface area contributed by atoms with Gasteiger partial charge in [-0.2, -0.15) is 0 Å². The van der Waals surface area contributed by atoms with Crippen LogP contribution in [0.2, 0.25) is 0 Å². The van der Waals surface area contributed by atoms with Gasteiger partial charge in [0.25, 0.3) is 0 Å². The Hall–Kier alpha value is -2.18. The number of carbonyl (C=O) groups is 1. The number of benzene rings is 2. The maximum atomic E-state index is 12.4. The Kier molecular flexibility index (Phi) is 5.74. The summed E-state index contributed by atoms with van der Waals surface area (Å²) in [5, 5.41) is 0. The van der Waals surface area contributed by atoms with Crippen LogP contribution in [0.5, 0.6) is 0 Å². The first kappa shape index (κ1) is 18.6. The molecule has 1 fully saturated rings. The van der Waals surface area contributed by atoms with Gasteiger partial charge >= 0.3 is 0 Å². The molecule has 2 aromatic rings. The predicted octanol–water partition coefficient (Wildman–Crippen LogP) is 3.36. The van der Waals surface area contributed by atoms with E-state index in [0.29, 0.717) is 5.56 Å². The zero-order valence-corrected chi connectivity index (χ0v) is 15.8. The van der Waals surface area contributed by atoms with Gasteiger partial charge in [0, 0.05) is 30.9 Å². The van der Waals surface area contributed by atoms with Crippen LogP contribution in [-0.4, -0.2) is 27.3 Å². The largest absolute Gasteiger partial charge is 0.372 e. The Bertz CT molecular complexity index is 853. The van der Waals surface area contributed by atoms with Crippen LogP contribution in [-0.2, 0) is 16.6 Å². The number of ketones is 1. The molecule has 1 N–H and O–H groups in total. The van der Waals surface area contributed by atoms with Crippen molar-refractivity contribution in [1.29, 1.82) is 0 Å². The van der Waals surface area contributed by atoms with Gasteiger partial charge in [0.2, 0.25) is 10.0 Å². The third kappa shape index (κ3) is 4.51. The smallest absolute Gasteiger partial charge is 0.240 e. The van der Waals surface area contributed by atoms with Crippen molar-refractivity contribution in [2.24, 2.45) is 0 Å². The summed E-state index contributed by atoms with van der Waals surface area (Å²) in [6.07, 6.45) is 3.75. The Balaban J connectivity index is 1.62. The SMILES string of the molecule is CC(=O)c1ccc(S(=O)(=O)NCc2ccc(N3CCCCC3)cc2)cc1. The lowest BCUT2D eigenvalue weighted by molar-refractivity contribution is 0.101. The number of Topliss-reactive ketones (excluding diaryl/α,β-unsaturated/α-hetero) is 1. The van der Waals surface area contributed by atoms with E-state index in [1.807, 2.05) is 12.1 Å². The molecule has 1 saturated heterocycles. The fraction of sp³-hybridized carbons (Fsp3) is 0.350. The lowest BCUT2D eigenvalue weighted by atomic mass is 10.1. The summed E-state index contributed by atoms with van der Waals surface area (Å²) in [6, 6.07) is 14.0. The molecule has 138 valence electrons. The van der Waals surface area contributed by atoms with Gasteiger partial charge in [0.1, 0.15) is 0 Å². The van der Waals surface area contributed by atoms with Gasteiger partial charge in [0.15, 0.2) is 5.78 Å². The molecule has 26 heavy (non-hydrogen) atoms. The van der Waals surface area contributed by atoms with Crippen LogP contribution >= 0.6 is 0 Å². The minimum Gasteiger partial charge on any atom is -0.372 e. The number of hydrogen-bond donors (Lipinski definition) is 1. The van der Waals surface area contributed by atoms with Crippen molar-refractivity contribution in [1.82, 2.24) is 4.72 Å². The third-order valence-electron chi connectivity index (χ3n) is 4.70. The van der Waals surface area contributed by atoms with Gasteiger partial charge in [-0.05, 0) is 56.0 Å². The molecule has 1 heterocycles. The van der Waals surface area contributed by atoms with E-state index in [9.17, 15) is 13.2 Å². The molecule has 6 heteroatoms. The molecule has 0 radical (unpaired) electrons. The van der Waals surface area contributed by atoms with Gasteiger partial charge in [-0.25, -0.2) is 13.1 Å². The second-order valence-electron chi connectivity index (χ2n) is 6.62. The fourth-order valence-electron chi connectivity index (χ4n) is 3.11. The van der Waals surface area contributed by atoms with E-state index in [-0.39, 0.29) is 17.2 Å². The van der Waals surface area contributed by atoms with E-state index in [2.05, 4.69) is 21.8 Å². The highest BCUT2D eigenvalue weighted by molar-refractivity contribution is 7.89. The molecule has 5 nitrogen and oxygen atoms in total. The van der Waals surface area contributed by atoms with Crippen LogP contribution in [0.1, 0.15) is 42.1 Å². The molecule has 0 aliphatic carbocycles. The number of carbonyl (C=O) groups excluding carboxylic acids is 1. The van der Waals surface area contributed by atoms with E-state index >= 15 is 0 Å². The maximum Gasteiger partial charge on any atom is 0.240 e. The van der Waals surface area contributed by atoms with Gasteiger partial charge in [-0.3, -0.25) is 4.79 Å². The maximum absolute atomic E-state index is 12.4. The molecule has 0 aromatic heterocycles. The second kappa shape index (κ2) is 8.01. The van der Waals surface area contributed by atoms with Crippen LogP contribution in [0.15, 0.2) is 53.4 Å². The Labute approximate surface area is 155 Å². The molecule has 0 bridgehead atoms. The van der Waals surface area contributed by atoms with Gasteiger partial charge in [0.05, 0.1) is 4.90 Å². The van der Waals surface area contributed by atoms with Crippen molar-refractivity contribution in [3.63, 3.8) is 0 Å². The first-order valence-electron chi connectivity index (χ1n) is 8.90. The summed E-state index contributed by atoms with van der Waals surface area (Å²) in [6.45, 7) is 3.86. The topological polar surface area (TPSA) is 66.5 Å². The summed E-state index contributed by atoms with van der Waals surface area (Å²) in [5.74, 6) is -0.0873. The van der Waals surface area contributed by atoms with Gasteiger partial charge in [-0.15, -0.1) is 0 Å². The molecular formula is C20H24N2O3S. The molecule has 2 aromatic carbocycles. The molecule has 0 unspecified atom stereocenters. The molecule has 1 aliphatic heterocycles. The lowest BCUT2D eigenvalue weighted by Gasteiger charge is -2.28. The van der Waals surface area contributed by atoms with Crippen molar-refractivity contribution < 1.29 is 13.2 Å². The number of rotatable bonds is 6. The van der Waals surface area contributed by atoms with Crippen molar-refractivity contribution in [2.75, 3.05) is 18.0 Å².